The molecule has 76 valence electrons. The Hall–Kier alpha value is -0.410. The lowest BCUT2D eigenvalue weighted by atomic mass is 9.94. The normalized spacial score (nSPS) is 27.6. The van der Waals surface area contributed by atoms with Crippen LogP contribution in [0.4, 0.5) is 0 Å². The Morgan fingerprint density at radius 1 is 1.50 bits per heavy atom. The van der Waals surface area contributed by atoms with Crippen LogP contribution in [0.5, 0.6) is 0 Å². The van der Waals surface area contributed by atoms with Crippen LogP contribution in [0.1, 0.15) is 31.4 Å². The van der Waals surface area contributed by atoms with Crippen LogP contribution in [0, 0.1) is 5.92 Å². The first-order valence-electron chi connectivity index (χ1n) is 4.99. The standard InChI is InChI=1S/C11H14BrNO/c1-8-4-5-14-10(6-8)9-2-3-11(12)13-7-9/h2-3,7-8,10H,4-6H2,1H3. The summed E-state index contributed by atoms with van der Waals surface area (Å²) in [5, 5.41) is 0. The van der Waals surface area contributed by atoms with Gasteiger partial charge in [-0.2, -0.15) is 0 Å². The van der Waals surface area contributed by atoms with Gasteiger partial charge >= 0.3 is 0 Å². The van der Waals surface area contributed by atoms with Crippen LogP contribution >= 0.6 is 15.9 Å². The minimum atomic E-state index is 0.249. The van der Waals surface area contributed by atoms with E-state index in [1.807, 2.05) is 12.3 Å². The van der Waals surface area contributed by atoms with E-state index in [9.17, 15) is 0 Å². The Labute approximate surface area is 92.8 Å². The predicted octanol–water partition coefficient (Wildman–Crippen LogP) is 3.33. The van der Waals surface area contributed by atoms with E-state index in [0.717, 1.165) is 23.5 Å². The quantitative estimate of drug-likeness (QED) is 0.719. The molecule has 14 heavy (non-hydrogen) atoms. The summed E-state index contributed by atoms with van der Waals surface area (Å²) in [6.45, 7) is 3.16. The molecular weight excluding hydrogens is 242 g/mol. The van der Waals surface area contributed by atoms with Crippen LogP contribution in [0.25, 0.3) is 0 Å². The van der Waals surface area contributed by atoms with Gasteiger partial charge in [-0.05, 0) is 46.3 Å². The molecule has 1 fully saturated rings. The average Bonchev–Trinajstić information content (AvgIpc) is 2.19. The Kier molecular flexibility index (Phi) is 3.19. The van der Waals surface area contributed by atoms with E-state index in [1.165, 1.54) is 12.0 Å². The van der Waals surface area contributed by atoms with Crippen molar-refractivity contribution in [2.75, 3.05) is 6.61 Å². The van der Waals surface area contributed by atoms with Crippen molar-refractivity contribution in [3.8, 4) is 0 Å². The van der Waals surface area contributed by atoms with E-state index in [4.69, 9.17) is 4.74 Å². The second-order valence-corrected chi connectivity index (χ2v) is 4.72. The molecule has 0 radical (unpaired) electrons. The highest BCUT2D eigenvalue weighted by Crippen LogP contribution is 2.31. The first-order valence-corrected chi connectivity index (χ1v) is 5.78. The van der Waals surface area contributed by atoms with E-state index >= 15 is 0 Å². The number of pyridine rings is 1. The van der Waals surface area contributed by atoms with E-state index < -0.39 is 0 Å². The van der Waals surface area contributed by atoms with Gasteiger partial charge in [0.1, 0.15) is 4.60 Å². The summed E-state index contributed by atoms with van der Waals surface area (Å²) >= 11 is 3.33. The zero-order chi connectivity index (χ0) is 9.97. The molecule has 0 N–H and O–H groups in total. The Balaban J connectivity index is 2.10. The van der Waals surface area contributed by atoms with Crippen molar-refractivity contribution in [3.05, 3.63) is 28.5 Å². The third-order valence-corrected chi connectivity index (χ3v) is 3.14. The Morgan fingerprint density at radius 2 is 2.36 bits per heavy atom. The maximum atomic E-state index is 5.72. The SMILES string of the molecule is CC1CCOC(c2ccc(Br)nc2)C1. The van der Waals surface area contributed by atoms with Crippen molar-refractivity contribution in [1.82, 2.24) is 4.98 Å². The average molecular weight is 256 g/mol. The largest absolute Gasteiger partial charge is 0.373 e. The van der Waals surface area contributed by atoms with Gasteiger partial charge in [0, 0.05) is 12.8 Å². The smallest absolute Gasteiger partial charge is 0.106 e. The molecule has 0 spiro atoms. The fourth-order valence-corrected chi connectivity index (χ4v) is 2.01. The van der Waals surface area contributed by atoms with Crippen molar-refractivity contribution in [2.45, 2.75) is 25.9 Å². The van der Waals surface area contributed by atoms with Gasteiger partial charge in [-0.25, -0.2) is 4.98 Å². The van der Waals surface area contributed by atoms with Gasteiger partial charge in [0.25, 0.3) is 0 Å². The molecule has 2 nitrogen and oxygen atoms in total. The number of ether oxygens (including phenoxy) is 1. The van der Waals surface area contributed by atoms with Crippen LogP contribution in [-0.4, -0.2) is 11.6 Å². The third kappa shape index (κ3) is 2.34. The number of hydrogen-bond acceptors (Lipinski definition) is 2. The second-order valence-electron chi connectivity index (χ2n) is 3.90. The lowest BCUT2D eigenvalue weighted by Crippen LogP contribution is -2.17. The van der Waals surface area contributed by atoms with Gasteiger partial charge in [0.15, 0.2) is 0 Å². The van der Waals surface area contributed by atoms with Crippen molar-refractivity contribution < 1.29 is 4.74 Å². The van der Waals surface area contributed by atoms with Gasteiger partial charge < -0.3 is 4.74 Å². The highest BCUT2D eigenvalue weighted by atomic mass is 79.9. The molecule has 0 bridgehead atoms. The molecule has 1 aliphatic rings. The number of halogens is 1. The third-order valence-electron chi connectivity index (χ3n) is 2.67. The van der Waals surface area contributed by atoms with Gasteiger partial charge in [0.05, 0.1) is 6.10 Å². The molecule has 1 aliphatic heterocycles. The fraction of sp³-hybridized carbons (Fsp3) is 0.545. The fourth-order valence-electron chi connectivity index (χ4n) is 1.77. The molecule has 0 aromatic carbocycles. The monoisotopic (exact) mass is 255 g/mol. The molecule has 1 aromatic heterocycles. The lowest BCUT2D eigenvalue weighted by molar-refractivity contribution is -0.00652. The number of aromatic nitrogens is 1. The van der Waals surface area contributed by atoms with E-state index in [-0.39, 0.29) is 6.10 Å². The topological polar surface area (TPSA) is 22.1 Å². The number of nitrogens with zero attached hydrogens (tertiary/aromatic N) is 1. The minimum Gasteiger partial charge on any atom is -0.373 e. The lowest BCUT2D eigenvalue weighted by Gasteiger charge is -2.27. The molecule has 3 heteroatoms. The highest BCUT2D eigenvalue weighted by Gasteiger charge is 2.20. The first kappa shape index (κ1) is 10.1. The van der Waals surface area contributed by atoms with Gasteiger partial charge in [-0.3, -0.25) is 0 Å². The summed E-state index contributed by atoms with van der Waals surface area (Å²) in [4.78, 5) is 4.22. The van der Waals surface area contributed by atoms with E-state index in [1.54, 1.807) is 0 Å². The summed E-state index contributed by atoms with van der Waals surface area (Å²) in [6, 6.07) is 4.05. The molecule has 2 rings (SSSR count). The van der Waals surface area contributed by atoms with Crippen LogP contribution < -0.4 is 0 Å². The van der Waals surface area contributed by atoms with Crippen LogP contribution in [0.15, 0.2) is 22.9 Å². The summed E-state index contributed by atoms with van der Waals surface area (Å²) in [6.07, 6.45) is 4.44. The molecule has 2 atom stereocenters. The highest BCUT2D eigenvalue weighted by molar-refractivity contribution is 9.10. The maximum absolute atomic E-state index is 5.72. The van der Waals surface area contributed by atoms with Crippen molar-refractivity contribution in [1.29, 1.82) is 0 Å². The maximum Gasteiger partial charge on any atom is 0.106 e. The van der Waals surface area contributed by atoms with Crippen molar-refractivity contribution >= 4 is 15.9 Å². The molecule has 0 amide bonds. The molecule has 1 aromatic rings. The molecule has 0 aliphatic carbocycles. The predicted molar refractivity (Wildman–Crippen MR) is 59.0 cm³/mol. The molecule has 0 saturated carbocycles. The Bertz CT molecular complexity index is 299. The second kappa shape index (κ2) is 4.41. The van der Waals surface area contributed by atoms with Crippen molar-refractivity contribution in [3.63, 3.8) is 0 Å². The summed E-state index contributed by atoms with van der Waals surface area (Å²) in [5.74, 6) is 0.761. The van der Waals surface area contributed by atoms with E-state index in [0.29, 0.717) is 0 Å². The minimum absolute atomic E-state index is 0.249. The van der Waals surface area contributed by atoms with Gasteiger partial charge in [0.2, 0.25) is 0 Å². The zero-order valence-electron chi connectivity index (χ0n) is 8.24. The van der Waals surface area contributed by atoms with Crippen LogP contribution in [0.2, 0.25) is 0 Å². The molecular formula is C11H14BrNO. The number of hydrogen-bond donors (Lipinski definition) is 0. The van der Waals surface area contributed by atoms with Gasteiger partial charge in [-0.15, -0.1) is 0 Å². The molecule has 2 unspecified atom stereocenters. The Morgan fingerprint density at radius 3 is 3.00 bits per heavy atom. The van der Waals surface area contributed by atoms with E-state index in [2.05, 4.69) is 33.9 Å². The van der Waals surface area contributed by atoms with Crippen LogP contribution in [0.3, 0.4) is 0 Å². The summed E-state index contributed by atoms with van der Waals surface area (Å²) < 4.78 is 6.60. The van der Waals surface area contributed by atoms with Gasteiger partial charge in [-0.1, -0.05) is 13.0 Å². The van der Waals surface area contributed by atoms with Crippen molar-refractivity contribution in [2.24, 2.45) is 5.92 Å². The van der Waals surface area contributed by atoms with Crippen LogP contribution in [-0.2, 0) is 4.74 Å². The zero-order valence-corrected chi connectivity index (χ0v) is 9.83. The molecule has 1 saturated heterocycles. The molecule has 2 heterocycles. The first-order chi connectivity index (χ1) is 6.75. The summed E-state index contributed by atoms with van der Waals surface area (Å²) in [5.41, 5.74) is 1.19. The number of rotatable bonds is 1. The summed E-state index contributed by atoms with van der Waals surface area (Å²) in [7, 11) is 0.